The fourth-order valence-electron chi connectivity index (χ4n) is 3.12. The Labute approximate surface area is 210 Å². The molecule has 0 aliphatic heterocycles. The Morgan fingerprint density at radius 2 is 1.67 bits per heavy atom. The number of methoxy groups -OCH3 is 1. The molecule has 8 heteroatoms. The van der Waals surface area contributed by atoms with Crippen LogP contribution in [0.15, 0.2) is 84.5 Å². The van der Waals surface area contributed by atoms with E-state index in [4.69, 9.17) is 18.9 Å². The summed E-state index contributed by atoms with van der Waals surface area (Å²) in [4.78, 5) is 24.4. The fraction of sp³-hybridized carbons (Fsp3) is 0.179. The molecule has 186 valence electrons. The summed E-state index contributed by atoms with van der Waals surface area (Å²) in [6, 6.07) is 18.9. The predicted molar refractivity (Wildman–Crippen MR) is 137 cm³/mol. The van der Waals surface area contributed by atoms with Gasteiger partial charge in [0.2, 0.25) is 0 Å². The van der Waals surface area contributed by atoms with Crippen molar-refractivity contribution in [3.8, 4) is 23.0 Å². The number of amides is 1. The normalized spacial score (nSPS) is 10.5. The SMILES string of the molecule is C=CCc1ccc(OCC(=O)N/N=C/c2ccc(OC(=O)c3ccc(OCC)cc3)cc2)c(OC)c1. The highest BCUT2D eigenvalue weighted by Crippen LogP contribution is 2.28. The molecule has 0 unspecified atom stereocenters. The average molecular weight is 489 g/mol. The van der Waals surface area contributed by atoms with Crippen LogP contribution in [0.5, 0.6) is 23.0 Å². The van der Waals surface area contributed by atoms with Gasteiger partial charge in [0.1, 0.15) is 11.5 Å². The number of benzene rings is 3. The molecule has 36 heavy (non-hydrogen) atoms. The largest absolute Gasteiger partial charge is 0.494 e. The van der Waals surface area contributed by atoms with Crippen molar-refractivity contribution in [1.82, 2.24) is 5.43 Å². The smallest absolute Gasteiger partial charge is 0.343 e. The maximum absolute atomic E-state index is 12.3. The van der Waals surface area contributed by atoms with Gasteiger partial charge < -0.3 is 18.9 Å². The first-order valence-electron chi connectivity index (χ1n) is 11.3. The van der Waals surface area contributed by atoms with Crippen LogP contribution in [0.1, 0.15) is 28.4 Å². The van der Waals surface area contributed by atoms with E-state index >= 15 is 0 Å². The van der Waals surface area contributed by atoms with Gasteiger partial charge in [0.25, 0.3) is 5.91 Å². The Kier molecular flexibility index (Phi) is 9.64. The summed E-state index contributed by atoms with van der Waals surface area (Å²) in [6.07, 6.45) is 3.98. The second kappa shape index (κ2) is 13.3. The van der Waals surface area contributed by atoms with E-state index < -0.39 is 11.9 Å². The Bertz CT molecular complexity index is 1200. The number of esters is 1. The summed E-state index contributed by atoms with van der Waals surface area (Å²) in [5.41, 5.74) is 4.56. The van der Waals surface area contributed by atoms with Gasteiger partial charge in [0.15, 0.2) is 18.1 Å². The first-order valence-corrected chi connectivity index (χ1v) is 11.3. The molecule has 8 nitrogen and oxygen atoms in total. The van der Waals surface area contributed by atoms with E-state index in [1.54, 1.807) is 60.7 Å². The number of carbonyl (C=O) groups is 2. The molecule has 0 aliphatic carbocycles. The van der Waals surface area contributed by atoms with Crippen molar-refractivity contribution >= 4 is 18.1 Å². The van der Waals surface area contributed by atoms with Gasteiger partial charge in [-0.1, -0.05) is 12.1 Å². The zero-order valence-electron chi connectivity index (χ0n) is 20.2. The lowest BCUT2D eigenvalue weighted by atomic mass is 10.1. The lowest BCUT2D eigenvalue weighted by Gasteiger charge is -2.11. The van der Waals surface area contributed by atoms with Crippen LogP contribution in [-0.4, -0.2) is 38.4 Å². The molecule has 0 aromatic heterocycles. The van der Waals surface area contributed by atoms with Crippen LogP contribution in [0.2, 0.25) is 0 Å². The summed E-state index contributed by atoms with van der Waals surface area (Å²) in [7, 11) is 1.54. The van der Waals surface area contributed by atoms with Gasteiger partial charge in [-0.3, -0.25) is 4.79 Å². The van der Waals surface area contributed by atoms with Gasteiger partial charge in [0, 0.05) is 0 Å². The molecule has 3 aromatic carbocycles. The molecule has 1 N–H and O–H groups in total. The van der Waals surface area contributed by atoms with E-state index in [1.807, 2.05) is 19.1 Å². The number of allylic oxidation sites excluding steroid dienone is 1. The van der Waals surface area contributed by atoms with E-state index in [-0.39, 0.29) is 6.61 Å². The molecule has 0 atom stereocenters. The van der Waals surface area contributed by atoms with Gasteiger partial charge in [-0.05, 0) is 85.1 Å². The first-order chi connectivity index (χ1) is 17.5. The third kappa shape index (κ3) is 7.73. The quantitative estimate of drug-likeness (QED) is 0.132. The lowest BCUT2D eigenvalue weighted by Crippen LogP contribution is -2.24. The molecule has 0 fully saturated rings. The number of hydrogen-bond acceptors (Lipinski definition) is 7. The first kappa shape index (κ1) is 26.0. The highest BCUT2D eigenvalue weighted by molar-refractivity contribution is 5.91. The van der Waals surface area contributed by atoms with E-state index in [0.29, 0.717) is 47.2 Å². The minimum atomic E-state index is -0.473. The van der Waals surface area contributed by atoms with Crippen LogP contribution < -0.4 is 24.4 Å². The lowest BCUT2D eigenvalue weighted by molar-refractivity contribution is -0.123. The van der Waals surface area contributed by atoms with Crippen molar-refractivity contribution in [3.63, 3.8) is 0 Å². The van der Waals surface area contributed by atoms with Crippen molar-refractivity contribution in [2.24, 2.45) is 5.10 Å². The molecule has 3 rings (SSSR count). The van der Waals surface area contributed by atoms with Crippen LogP contribution in [0.3, 0.4) is 0 Å². The second-order valence-electron chi connectivity index (χ2n) is 7.48. The zero-order chi connectivity index (χ0) is 25.8. The molecule has 0 bridgehead atoms. The minimum absolute atomic E-state index is 0.227. The van der Waals surface area contributed by atoms with E-state index in [1.165, 1.54) is 13.3 Å². The molecule has 0 spiro atoms. The standard InChI is InChI=1S/C28H28N2O6/c1-4-6-20-9-16-25(26(17-20)33-3)35-19-27(31)30-29-18-21-7-12-24(13-8-21)36-28(32)22-10-14-23(15-11-22)34-5-2/h4,7-18H,1,5-6,19H2,2-3H3,(H,30,31)/b29-18+. The maximum atomic E-state index is 12.3. The molecule has 1 amide bonds. The fourth-order valence-corrected chi connectivity index (χ4v) is 3.12. The van der Waals surface area contributed by atoms with Crippen molar-refractivity contribution in [2.45, 2.75) is 13.3 Å². The molecular formula is C28H28N2O6. The summed E-state index contributed by atoms with van der Waals surface area (Å²) >= 11 is 0. The Hall–Kier alpha value is -4.59. The maximum Gasteiger partial charge on any atom is 0.343 e. The molecule has 0 saturated carbocycles. The summed E-state index contributed by atoms with van der Waals surface area (Å²) in [5, 5.41) is 3.93. The molecule has 0 saturated heterocycles. The van der Waals surface area contributed by atoms with Crippen molar-refractivity contribution in [3.05, 3.63) is 96.1 Å². The zero-order valence-corrected chi connectivity index (χ0v) is 20.2. The van der Waals surface area contributed by atoms with Crippen LogP contribution in [0, 0.1) is 0 Å². The predicted octanol–water partition coefficient (Wildman–Crippen LogP) is 4.57. The summed E-state index contributed by atoms with van der Waals surface area (Å²) in [6.45, 7) is 5.93. The van der Waals surface area contributed by atoms with Gasteiger partial charge in [0.05, 0.1) is 25.5 Å². The van der Waals surface area contributed by atoms with Crippen molar-refractivity contribution in [1.29, 1.82) is 0 Å². The van der Waals surface area contributed by atoms with Gasteiger partial charge in [-0.2, -0.15) is 5.10 Å². The van der Waals surface area contributed by atoms with E-state index in [9.17, 15) is 9.59 Å². The molecule has 0 heterocycles. The highest BCUT2D eigenvalue weighted by atomic mass is 16.5. The highest BCUT2D eigenvalue weighted by Gasteiger charge is 2.10. The van der Waals surface area contributed by atoms with Crippen LogP contribution in [0.25, 0.3) is 0 Å². The number of ether oxygens (including phenoxy) is 4. The van der Waals surface area contributed by atoms with Crippen LogP contribution >= 0.6 is 0 Å². The van der Waals surface area contributed by atoms with E-state index in [2.05, 4.69) is 17.1 Å². The Balaban J connectivity index is 1.47. The van der Waals surface area contributed by atoms with Crippen molar-refractivity contribution in [2.75, 3.05) is 20.3 Å². The summed E-state index contributed by atoms with van der Waals surface area (Å²) < 4.78 is 21.6. The Morgan fingerprint density at radius 3 is 2.33 bits per heavy atom. The molecule has 3 aromatic rings. The molecular weight excluding hydrogens is 460 g/mol. The van der Waals surface area contributed by atoms with Crippen LogP contribution in [-0.2, 0) is 11.2 Å². The summed E-state index contributed by atoms with van der Waals surface area (Å²) in [5.74, 6) is 1.17. The molecule has 0 radical (unpaired) electrons. The second-order valence-corrected chi connectivity index (χ2v) is 7.48. The van der Waals surface area contributed by atoms with Crippen LogP contribution in [0.4, 0.5) is 0 Å². The number of nitrogens with zero attached hydrogens (tertiary/aromatic N) is 1. The Morgan fingerprint density at radius 1 is 0.944 bits per heavy atom. The van der Waals surface area contributed by atoms with Gasteiger partial charge in [-0.25, -0.2) is 10.2 Å². The third-order valence-electron chi connectivity index (χ3n) is 4.86. The van der Waals surface area contributed by atoms with E-state index in [0.717, 1.165) is 5.56 Å². The van der Waals surface area contributed by atoms with Gasteiger partial charge >= 0.3 is 5.97 Å². The number of hydrogen-bond donors (Lipinski definition) is 1. The monoisotopic (exact) mass is 488 g/mol. The number of hydrazone groups is 1. The third-order valence-corrected chi connectivity index (χ3v) is 4.86. The molecule has 0 aliphatic rings. The van der Waals surface area contributed by atoms with Crippen molar-refractivity contribution < 1.29 is 28.5 Å². The average Bonchev–Trinajstić information content (AvgIpc) is 2.89. The minimum Gasteiger partial charge on any atom is -0.494 e. The number of carbonyl (C=O) groups excluding carboxylic acids is 2. The number of nitrogens with one attached hydrogen (secondary N) is 1. The topological polar surface area (TPSA) is 95.5 Å². The van der Waals surface area contributed by atoms with Gasteiger partial charge in [-0.15, -0.1) is 6.58 Å². The number of rotatable bonds is 12.